The van der Waals surface area contributed by atoms with Crippen molar-refractivity contribution in [2.24, 2.45) is 0 Å². The maximum absolute atomic E-state index is 12.3. The first-order valence-corrected chi connectivity index (χ1v) is 9.04. The standard InChI is InChI=1S/C19H31N3O2/c1-3-11-19(2,15-23)21-18(24)20-14-17(22-12-7-8-13-22)16-9-5-4-6-10-16/h4-6,9-10,17,23H,3,7-8,11-15H2,1-2H3,(H2,20,21,24). The lowest BCUT2D eigenvalue weighted by Gasteiger charge is -2.31. The quantitative estimate of drug-likeness (QED) is 0.685. The van der Waals surface area contributed by atoms with Gasteiger partial charge in [0.25, 0.3) is 0 Å². The molecule has 2 rings (SSSR count). The van der Waals surface area contributed by atoms with Crippen molar-refractivity contribution in [2.45, 2.75) is 51.1 Å². The third-order valence-corrected chi connectivity index (χ3v) is 4.79. The number of nitrogens with zero attached hydrogens (tertiary/aromatic N) is 1. The number of carbonyl (C=O) groups excluding carboxylic acids is 1. The predicted octanol–water partition coefficient (Wildman–Crippen LogP) is 2.67. The van der Waals surface area contributed by atoms with Crippen LogP contribution in [-0.4, -0.2) is 47.8 Å². The van der Waals surface area contributed by atoms with E-state index in [4.69, 9.17) is 0 Å². The number of hydrogen-bond acceptors (Lipinski definition) is 3. The van der Waals surface area contributed by atoms with Crippen molar-refractivity contribution >= 4 is 6.03 Å². The lowest BCUT2D eigenvalue weighted by molar-refractivity contribution is 0.161. The summed E-state index contributed by atoms with van der Waals surface area (Å²) in [7, 11) is 0. The van der Waals surface area contributed by atoms with E-state index in [0.717, 1.165) is 25.9 Å². The molecule has 1 heterocycles. The molecule has 134 valence electrons. The molecule has 2 unspecified atom stereocenters. The van der Waals surface area contributed by atoms with Crippen LogP contribution in [0.1, 0.15) is 51.1 Å². The molecule has 0 saturated carbocycles. The van der Waals surface area contributed by atoms with E-state index in [2.05, 4.69) is 27.7 Å². The Morgan fingerprint density at radius 1 is 1.29 bits per heavy atom. The number of rotatable bonds is 8. The lowest BCUT2D eigenvalue weighted by atomic mass is 9.97. The van der Waals surface area contributed by atoms with Crippen LogP contribution in [0.5, 0.6) is 0 Å². The summed E-state index contributed by atoms with van der Waals surface area (Å²) in [6.07, 6.45) is 4.10. The first-order valence-electron chi connectivity index (χ1n) is 9.04. The Morgan fingerprint density at radius 2 is 1.96 bits per heavy atom. The molecule has 2 amide bonds. The maximum Gasteiger partial charge on any atom is 0.315 e. The van der Waals surface area contributed by atoms with Gasteiger partial charge >= 0.3 is 6.03 Å². The van der Waals surface area contributed by atoms with Gasteiger partial charge in [-0.15, -0.1) is 0 Å². The number of urea groups is 1. The van der Waals surface area contributed by atoms with E-state index in [-0.39, 0.29) is 18.7 Å². The smallest absolute Gasteiger partial charge is 0.315 e. The number of carbonyl (C=O) groups is 1. The largest absolute Gasteiger partial charge is 0.394 e. The second-order valence-electron chi connectivity index (χ2n) is 6.97. The lowest BCUT2D eigenvalue weighted by Crippen LogP contribution is -2.53. The van der Waals surface area contributed by atoms with Gasteiger partial charge in [-0.25, -0.2) is 4.79 Å². The van der Waals surface area contributed by atoms with Gasteiger partial charge in [0.1, 0.15) is 0 Å². The normalized spacial score (nSPS) is 18.8. The van der Waals surface area contributed by atoms with Crippen LogP contribution in [-0.2, 0) is 0 Å². The van der Waals surface area contributed by atoms with Gasteiger partial charge in [-0.05, 0) is 44.8 Å². The van der Waals surface area contributed by atoms with Gasteiger partial charge < -0.3 is 15.7 Å². The summed E-state index contributed by atoms with van der Waals surface area (Å²) in [5.41, 5.74) is 0.674. The molecule has 5 heteroatoms. The summed E-state index contributed by atoms with van der Waals surface area (Å²) in [5, 5.41) is 15.5. The highest BCUT2D eigenvalue weighted by Gasteiger charge is 2.27. The van der Waals surface area contributed by atoms with E-state index in [0.29, 0.717) is 6.54 Å². The fourth-order valence-electron chi connectivity index (χ4n) is 3.43. The molecule has 1 aliphatic heterocycles. The molecule has 0 aromatic heterocycles. The van der Waals surface area contributed by atoms with E-state index < -0.39 is 5.54 Å². The van der Waals surface area contributed by atoms with Gasteiger partial charge in [-0.3, -0.25) is 4.90 Å². The SMILES string of the molecule is CCCC(C)(CO)NC(=O)NCC(c1ccccc1)N1CCCC1. The summed E-state index contributed by atoms with van der Waals surface area (Å²) < 4.78 is 0. The summed E-state index contributed by atoms with van der Waals surface area (Å²) in [5.74, 6) is 0. The van der Waals surface area contributed by atoms with Crippen LogP contribution in [0.2, 0.25) is 0 Å². The molecule has 1 aromatic carbocycles. The van der Waals surface area contributed by atoms with Gasteiger partial charge in [0, 0.05) is 6.54 Å². The number of aliphatic hydroxyl groups excluding tert-OH is 1. The van der Waals surface area contributed by atoms with Gasteiger partial charge in [0.2, 0.25) is 0 Å². The minimum Gasteiger partial charge on any atom is -0.394 e. The molecule has 0 aliphatic carbocycles. The zero-order valence-electron chi connectivity index (χ0n) is 14.9. The fourth-order valence-corrected chi connectivity index (χ4v) is 3.43. The molecule has 0 radical (unpaired) electrons. The number of benzene rings is 1. The minimum atomic E-state index is -0.561. The number of nitrogens with one attached hydrogen (secondary N) is 2. The third-order valence-electron chi connectivity index (χ3n) is 4.79. The Kier molecular flexibility index (Phi) is 7.06. The molecule has 0 spiro atoms. The fraction of sp³-hybridized carbons (Fsp3) is 0.632. The second kappa shape index (κ2) is 9.04. The monoisotopic (exact) mass is 333 g/mol. The van der Waals surface area contributed by atoms with Gasteiger partial charge in [-0.1, -0.05) is 43.7 Å². The Morgan fingerprint density at radius 3 is 2.54 bits per heavy atom. The summed E-state index contributed by atoms with van der Waals surface area (Å²) in [4.78, 5) is 14.7. The first kappa shape index (κ1) is 18.7. The number of amides is 2. The zero-order valence-corrected chi connectivity index (χ0v) is 14.9. The average molecular weight is 333 g/mol. The molecular weight excluding hydrogens is 302 g/mol. The first-order chi connectivity index (χ1) is 11.6. The zero-order chi connectivity index (χ0) is 17.4. The van der Waals surface area contributed by atoms with Crippen molar-refractivity contribution < 1.29 is 9.90 Å². The molecule has 0 bridgehead atoms. The molecule has 1 aliphatic rings. The van der Waals surface area contributed by atoms with Crippen LogP contribution in [0.4, 0.5) is 4.79 Å². The van der Waals surface area contributed by atoms with Crippen molar-refractivity contribution in [1.82, 2.24) is 15.5 Å². The van der Waals surface area contributed by atoms with E-state index in [1.54, 1.807) is 0 Å². The van der Waals surface area contributed by atoms with Crippen LogP contribution >= 0.6 is 0 Å². The van der Waals surface area contributed by atoms with Gasteiger partial charge in [-0.2, -0.15) is 0 Å². The number of hydrogen-bond donors (Lipinski definition) is 3. The van der Waals surface area contributed by atoms with Crippen molar-refractivity contribution in [2.75, 3.05) is 26.2 Å². The predicted molar refractivity (Wildman–Crippen MR) is 96.9 cm³/mol. The van der Waals surface area contributed by atoms with Crippen LogP contribution in [0.3, 0.4) is 0 Å². The van der Waals surface area contributed by atoms with E-state index in [1.165, 1.54) is 18.4 Å². The highest BCUT2D eigenvalue weighted by molar-refractivity contribution is 5.74. The van der Waals surface area contributed by atoms with E-state index >= 15 is 0 Å². The Hall–Kier alpha value is -1.59. The van der Waals surface area contributed by atoms with E-state index in [9.17, 15) is 9.90 Å². The second-order valence-corrected chi connectivity index (χ2v) is 6.97. The summed E-state index contributed by atoms with van der Waals surface area (Å²) >= 11 is 0. The molecule has 1 saturated heterocycles. The van der Waals surface area contributed by atoms with Crippen molar-refractivity contribution in [3.05, 3.63) is 35.9 Å². The molecule has 3 N–H and O–H groups in total. The average Bonchev–Trinajstić information content (AvgIpc) is 3.10. The van der Waals surface area contributed by atoms with Crippen molar-refractivity contribution in [1.29, 1.82) is 0 Å². The molecule has 5 nitrogen and oxygen atoms in total. The van der Waals surface area contributed by atoms with Crippen LogP contribution in [0.25, 0.3) is 0 Å². The van der Waals surface area contributed by atoms with Crippen molar-refractivity contribution in [3.8, 4) is 0 Å². The number of aliphatic hydroxyl groups is 1. The highest BCUT2D eigenvalue weighted by atomic mass is 16.3. The molecule has 1 fully saturated rings. The molecule has 2 atom stereocenters. The summed E-state index contributed by atoms with van der Waals surface area (Å²) in [6.45, 7) is 6.60. The highest BCUT2D eigenvalue weighted by Crippen LogP contribution is 2.24. The Balaban J connectivity index is 1.96. The molecular formula is C19H31N3O2. The van der Waals surface area contributed by atoms with Gasteiger partial charge in [0.05, 0.1) is 18.2 Å². The summed E-state index contributed by atoms with van der Waals surface area (Å²) in [6, 6.07) is 10.3. The maximum atomic E-state index is 12.3. The Labute approximate surface area is 145 Å². The topological polar surface area (TPSA) is 64.6 Å². The molecule has 24 heavy (non-hydrogen) atoms. The number of likely N-dealkylation sites (tertiary alicyclic amines) is 1. The van der Waals surface area contributed by atoms with Gasteiger partial charge in [0.15, 0.2) is 0 Å². The molecule has 1 aromatic rings. The van der Waals surface area contributed by atoms with Crippen molar-refractivity contribution in [3.63, 3.8) is 0 Å². The van der Waals surface area contributed by atoms with Crippen LogP contribution in [0.15, 0.2) is 30.3 Å². The van der Waals surface area contributed by atoms with Crippen LogP contribution in [0, 0.1) is 0 Å². The minimum absolute atomic E-state index is 0.0531. The third kappa shape index (κ3) is 5.21. The van der Waals surface area contributed by atoms with Crippen LogP contribution < -0.4 is 10.6 Å². The Bertz CT molecular complexity index is 503. The van der Waals surface area contributed by atoms with E-state index in [1.807, 2.05) is 32.0 Å².